The van der Waals surface area contributed by atoms with E-state index in [1.807, 2.05) is 42.5 Å². The Kier molecular flexibility index (Phi) is 7.55. The van der Waals surface area contributed by atoms with Crippen molar-refractivity contribution in [3.8, 4) is 17.6 Å². The fraction of sp³-hybridized carbons (Fsp3) is 0.281. The fourth-order valence-corrected chi connectivity index (χ4v) is 4.90. The second-order valence-corrected chi connectivity index (χ2v) is 9.50. The third kappa shape index (κ3) is 5.47. The number of rotatable bonds is 10. The van der Waals surface area contributed by atoms with E-state index >= 15 is 0 Å². The average molecular weight is 505 g/mol. The number of azo groups is 1. The highest BCUT2D eigenvalue weighted by atomic mass is 16.4. The fourth-order valence-electron chi connectivity index (χ4n) is 4.90. The molecule has 1 aromatic carbocycles. The second kappa shape index (κ2) is 11.4. The van der Waals surface area contributed by atoms with Crippen molar-refractivity contribution in [2.24, 2.45) is 10.2 Å². The van der Waals surface area contributed by atoms with Gasteiger partial charge < -0.3 is 13.7 Å². The van der Waals surface area contributed by atoms with Crippen LogP contribution in [0.3, 0.4) is 0 Å². The normalized spacial score (nSPS) is 15.2. The van der Waals surface area contributed by atoms with Gasteiger partial charge >= 0.3 is 0 Å². The first-order valence-corrected chi connectivity index (χ1v) is 13.3. The van der Waals surface area contributed by atoms with Crippen LogP contribution < -0.4 is 4.90 Å². The van der Waals surface area contributed by atoms with Crippen molar-refractivity contribution in [1.82, 2.24) is 0 Å². The molecule has 5 rings (SSSR count). The first-order chi connectivity index (χ1) is 18.6. The number of hydrogen-bond acceptors (Lipinski definition) is 6. The Hall–Kier alpha value is -4.37. The van der Waals surface area contributed by atoms with Gasteiger partial charge in [-0.1, -0.05) is 13.0 Å². The van der Waals surface area contributed by atoms with Crippen molar-refractivity contribution >= 4 is 16.9 Å². The largest absolute Gasteiger partial charge is 0.458 e. The molecule has 2 aliphatic rings. The number of hydrogen-bond donors (Lipinski definition) is 0. The van der Waals surface area contributed by atoms with Gasteiger partial charge in [-0.05, 0) is 104 Å². The number of nitrogens with zero attached hydrogens (tertiary/aromatic N) is 4. The molecule has 192 valence electrons. The number of benzene rings is 1. The lowest BCUT2D eigenvalue weighted by Crippen LogP contribution is -2.21. The number of aryl methyl sites for hydroxylation is 1. The first-order valence-electron chi connectivity index (χ1n) is 13.3. The first kappa shape index (κ1) is 25.3. The Morgan fingerprint density at radius 1 is 0.895 bits per heavy atom. The SMILES string of the molecule is CCCc1ccc(-c2ccc(/C(C#N)=C/C3=CC4=C(C=C(N=Nc5ccc(N(CC)CC)cc5)C4)C3)o2)o1. The molecule has 2 aromatic heterocycles. The zero-order chi connectivity index (χ0) is 26.5. The van der Waals surface area contributed by atoms with Crippen LogP contribution >= 0.6 is 0 Å². The highest BCUT2D eigenvalue weighted by Gasteiger charge is 2.21. The van der Waals surface area contributed by atoms with Gasteiger partial charge in [0.05, 0.1) is 17.0 Å². The van der Waals surface area contributed by atoms with Crippen LogP contribution in [0.4, 0.5) is 11.4 Å². The summed E-state index contributed by atoms with van der Waals surface area (Å²) in [7, 11) is 0. The summed E-state index contributed by atoms with van der Waals surface area (Å²) in [5, 5.41) is 18.7. The molecule has 6 nitrogen and oxygen atoms in total. The van der Waals surface area contributed by atoms with Gasteiger partial charge in [0.2, 0.25) is 0 Å². The molecule has 0 spiro atoms. The summed E-state index contributed by atoms with van der Waals surface area (Å²) >= 11 is 0. The van der Waals surface area contributed by atoms with Gasteiger partial charge in [0.25, 0.3) is 0 Å². The molecule has 38 heavy (non-hydrogen) atoms. The molecular formula is C32H32N4O2. The van der Waals surface area contributed by atoms with Crippen molar-refractivity contribution in [2.45, 2.75) is 46.5 Å². The Bertz CT molecular complexity index is 1500. The lowest BCUT2D eigenvalue weighted by atomic mass is 10.1. The van der Waals surface area contributed by atoms with Crippen molar-refractivity contribution < 1.29 is 8.83 Å². The molecule has 0 amide bonds. The van der Waals surface area contributed by atoms with Gasteiger partial charge in [0, 0.05) is 31.6 Å². The van der Waals surface area contributed by atoms with Crippen LogP contribution in [0.15, 0.2) is 108 Å². The number of allylic oxidation sites excluding steroid dienone is 7. The summed E-state index contributed by atoms with van der Waals surface area (Å²) in [6, 6.07) is 18.1. The van der Waals surface area contributed by atoms with Gasteiger partial charge in [-0.3, -0.25) is 0 Å². The minimum atomic E-state index is 0.501. The molecule has 0 atom stereocenters. The number of furan rings is 2. The topological polar surface area (TPSA) is 78.0 Å². The van der Waals surface area contributed by atoms with E-state index in [4.69, 9.17) is 8.83 Å². The van der Waals surface area contributed by atoms with Crippen molar-refractivity contribution in [2.75, 3.05) is 18.0 Å². The number of nitriles is 1. The Balaban J connectivity index is 1.21. The van der Waals surface area contributed by atoms with Crippen LogP contribution in [-0.2, 0) is 6.42 Å². The summed E-state index contributed by atoms with van der Waals surface area (Å²) in [6.07, 6.45) is 9.61. The maximum atomic E-state index is 9.81. The van der Waals surface area contributed by atoms with E-state index in [0.717, 1.165) is 61.5 Å². The highest BCUT2D eigenvalue weighted by molar-refractivity contribution is 5.78. The summed E-state index contributed by atoms with van der Waals surface area (Å²) in [5.74, 6) is 2.80. The molecule has 6 heteroatoms. The summed E-state index contributed by atoms with van der Waals surface area (Å²) in [4.78, 5) is 2.30. The molecule has 3 aromatic rings. The molecular weight excluding hydrogens is 472 g/mol. The monoisotopic (exact) mass is 504 g/mol. The van der Waals surface area contributed by atoms with E-state index in [9.17, 15) is 5.26 Å². The summed E-state index contributed by atoms with van der Waals surface area (Å²) in [6.45, 7) is 8.40. The minimum Gasteiger partial charge on any atom is -0.458 e. The van der Waals surface area contributed by atoms with Crippen molar-refractivity contribution in [3.05, 3.63) is 101 Å². The van der Waals surface area contributed by atoms with Crippen molar-refractivity contribution in [3.63, 3.8) is 0 Å². The highest BCUT2D eigenvalue weighted by Crippen LogP contribution is 2.39. The third-order valence-corrected chi connectivity index (χ3v) is 6.87. The second-order valence-electron chi connectivity index (χ2n) is 9.50. The Labute approximate surface area is 224 Å². The standard InChI is InChI=1S/C32H32N4O2/c1-4-7-29-12-13-31(37-29)32-15-14-30(38-32)25(21-33)18-22-16-23-19-27(20-24(23)17-22)35-34-26-8-10-28(11-9-26)36(5-2)6-3/h8-16,18,20H,4-7,17,19H2,1-3H3/b25-18+,35-34?. The van der Waals surface area contributed by atoms with Crippen LogP contribution in [0.5, 0.6) is 0 Å². The molecule has 0 aliphatic heterocycles. The van der Waals surface area contributed by atoms with Gasteiger partial charge in [-0.15, -0.1) is 0 Å². The van der Waals surface area contributed by atoms with Crippen LogP contribution in [0.1, 0.15) is 51.6 Å². The zero-order valence-electron chi connectivity index (χ0n) is 22.2. The molecule has 2 aliphatic carbocycles. The predicted octanol–water partition coefficient (Wildman–Crippen LogP) is 8.94. The van der Waals surface area contributed by atoms with E-state index in [1.165, 1.54) is 16.8 Å². The maximum absolute atomic E-state index is 9.81. The molecule has 0 fully saturated rings. The number of anilines is 1. The third-order valence-electron chi connectivity index (χ3n) is 6.87. The molecule has 0 saturated carbocycles. The molecule has 0 unspecified atom stereocenters. The molecule has 0 N–H and O–H groups in total. The predicted molar refractivity (Wildman–Crippen MR) is 151 cm³/mol. The lowest BCUT2D eigenvalue weighted by molar-refractivity contribution is 0.487. The van der Waals surface area contributed by atoms with E-state index < -0.39 is 0 Å². The van der Waals surface area contributed by atoms with Crippen LogP contribution in [0, 0.1) is 11.3 Å². The summed E-state index contributed by atoms with van der Waals surface area (Å²) in [5.41, 5.74) is 7.06. The lowest BCUT2D eigenvalue weighted by Gasteiger charge is -2.20. The quantitative estimate of drug-likeness (QED) is 0.204. The van der Waals surface area contributed by atoms with Crippen molar-refractivity contribution in [1.29, 1.82) is 5.26 Å². The van der Waals surface area contributed by atoms with Gasteiger partial charge in [0.1, 0.15) is 17.6 Å². The van der Waals surface area contributed by atoms with Gasteiger partial charge in [-0.2, -0.15) is 15.5 Å². The Morgan fingerprint density at radius 2 is 1.63 bits per heavy atom. The molecule has 2 heterocycles. The summed E-state index contributed by atoms with van der Waals surface area (Å²) < 4.78 is 11.8. The van der Waals surface area contributed by atoms with E-state index in [2.05, 4.69) is 66.3 Å². The van der Waals surface area contributed by atoms with E-state index in [0.29, 0.717) is 22.9 Å². The Morgan fingerprint density at radius 3 is 2.34 bits per heavy atom. The molecule has 0 saturated heterocycles. The van der Waals surface area contributed by atoms with Crippen LogP contribution in [0.25, 0.3) is 17.1 Å². The van der Waals surface area contributed by atoms with Crippen LogP contribution in [0.2, 0.25) is 0 Å². The maximum Gasteiger partial charge on any atom is 0.170 e. The molecule has 0 radical (unpaired) electrons. The average Bonchev–Trinajstić information content (AvgIpc) is 3.72. The van der Waals surface area contributed by atoms with E-state index in [-0.39, 0.29) is 0 Å². The zero-order valence-corrected chi connectivity index (χ0v) is 22.2. The van der Waals surface area contributed by atoms with Gasteiger partial charge in [0.15, 0.2) is 11.5 Å². The smallest absolute Gasteiger partial charge is 0.170 e. The van der Waals surface area contributed by atoms with Gasteiger partial charge in [-0.25, -0.2) is 0 Å². The molecule has 0 bridgehead atoms. The van der Waals surface area contributed by atoms with E-state index in [1.54, 1.807) is 0 Å². The van der Waals surface area contributed by atoms with Crippen LogP contribution in [-0.4, -0.2) is 13.1 Å². The minimum absolute atomic E-state index is 0.501.